The number of amides is 1. The molecular formula is C19H13BrN2O4. The van der Waals surface area contributed by atoms with E-state index in [1.54, 1.807) is 54.6 Å². The van der Waals surface area contributed by atoms with Crippen LogP contribution in [0.3, 0.4) is 0 Å². The van der Waals surface area contributed by atoms with E-state index in [1.807, 2.05) is 6.07 Å². The molecule has 0 atom stereocenters. The molecule has 7 heteroatoms. The summed E-state index contributed by atoms with van der Waals surface area (Å²) < 4.78 is 10.9. The molecule has 2 aromatic carbocycles. The number of ether oxygens (including phenoxy) is 1. The van der Waals surface area contributed by atoms with Crippen molar-refractivity contribution in [1.29, 1.82) is 0 Å². The van der Waals surface area contributed by atoms with E-state index in [2.05, 4.69) is 26.5 Å². The van der Waals surface area contributed by atoms with Gasteiger partial charge in [-0.2, -0.15) is 5.10 Å². The zero-order valence-corrected chi connectivity index (χ0v) is 15.0. The van der Waals surface area contributed by atoms with E-state index in [4.69, 9.17) is 9.15 Å². The molecule has 3 aromatic rings. The lowest BCUT2D eigenvalue weighted by Crippen LogP contribution is -2.16. The highest BCUT2D eigenvalue weighted by molar-refractivity contribution is 9.10. The van der Waals surface area contributed by atoms with Gasteiger partial charge < -0.3 is 9.15 Å². The number of benzene rings is 2. The molecule has 0 unspecified atom stereocenters. The lowest BCUT2D eigenvalue weighted by Gasteiger charge is -2.04. The Morgan fingerprint density at radius 3 is 2.38 bits per heavy atom. The van der Waals surface area contributed by atoms with E-state index in [9.17, 15) is 9.59 Å². The predicted octanol–water partition coefficient (Wildman–Crippen LogP) is 4.03. The third kappa shape index (κ3) is 4.67. The second kappa shape index (κ2) is 8.26. The number of nitrogens with one attached hydrogen (secondary N) is 1. The van der Waals surface area contributed by atoms with Gasteiger partial charge in [0.1, 0.15) is 5.75 Å². The Morgan fingerprint density at radius 2 is 1.73 bits per heavy atom. The second-order valence-corrected chi connectivity index (χ2v) is 5.91. The third-order valence-corrected chi connectivity index (χ3v) is 3.70. The van der Waals surface area contributed by atoms with Crippen molar-refractivity contribution in [2.24, 2.45) is 5.10 Å². The van der Waals surface area contributed by atoms with Crippen LogP contribution in [0.4, 0.5) is 0 Å². The molecule has 0 saturated heterocycles. The van der Waals surface area contributed by atoms with E-state index in [-0.39, 0.29) is 5.76 Å². The van der Waals surface area contributed by atoms with Crippen LogP contribution in [0, 0.1) is 0 Å². The maximum absolute atomic E-state index is 12.0. The lowest BCUT2D eigenvalue weighted by molar-refractivity contribution is 0.0734. The maximum atomic E-state index is 12.0. The zero-order valence-electron chi connectivity index (χ0n) is 13.4. The average Bonchev–Trinajstić information content (AvgIpc) is 3.10. The van der Waals surface area contributed by atoms with Crippen molar-refractivity contribution in [3.63, 3.8) is 0 Å². The quantitative estimate of drug-likeness (QED) is 0.297. The molecule has 0 saturated carbocycles. The molecule has 0 aliphatic rings. The molecule has 1 heterocycles. The fourth-order valence-corrected chi connectivity index (χ4v) is 2.33. The normalized spacial score (nSPS) is 10.7. The van der Waals surface area contributed by atoms with Crippen LogP contribution in [0.15, 0.2) is 80.9 Å². The van der Waals surface area contributed by atoms with Gasteiger partial charge in [-0.25, -0.2) is 10.2 Å². The zero-order chi connectivity index (χ0) is 18.4. The number of carbonyl (C=O) groups is 2. The number of nitrogens with zero attached hydrogens (tertiary/aromatic N) is 1. The van der Waals surface area contributed by atoms with Gasteiger partial charge in [-0.15, -0.1) is 0 Å². The highest BCUT2D eigenvalue weighted by Crippen LogP contribution is 2.14. The number of halogens is 1. The molecule has 1 N–H and O–H groups in total. The molecule has 26 heavy (non-hydrogen) atoms. The first-order chi connectivity index (χ1) is 12.6. The Morgan fingerprint density at radius 1 is 1.00 bits per heavy atom. The van der Waals surface area contributed by atoms with E-state index >= 15 is 0 Å². The van der Waals surface area contributed by atoms with Crippen molar-refractivity contribution in [1.82, 2.24) is 5.43 Å². The SMILES string of the molecule is O=C(Oc1ccc(/C=N/NC(=O)c2ccc(Br)o2)cc1)c1ccccc1. The molecule has 1 aromatic heterocycles. The summed E-state index contributed by atoms with van der Waals surface area (Å²) in [6, 6.07) is 18.6. The topological polar surface area (TPSA) is 80.9 Å². The Bertz CT molecular complexity index is 934. The average molecular weight is 413 g/mol. The summed E-state index contributed by atoms with van der Waals surface area (Å²) >= 11 is 3.12. The molecular weight excluding hydrogens is 400 g/mol. The molecule has 0 bridgehead atoms. The predicted molar refractivity (Wildman–Crippen MR) is 99.3 cm³/mol. The number of hydrazone groups is 1. The van der Waals surface area contributed by atoms with Gasteiger partial charge >= 0.3 is 11.9 Å². The Labute approximate surface area is 157 Å². The second-order valence-electron chi connectivity index (χ2n) is 5.13. The maximum Gasteiger partial charge on any atom is 0.343 e. The number of rotatable bonds is 5. The largest absolute Gasteiger partial charge is 0.444 e. The van der Waals surface area contributed by atoms with Gasteiger partial charge in [0.2, 0.25) is 0 Å². The third-order valence-electron chi connectivity index (χ3n) is 3.28. The number of furan rings is 1. The van der Waals surface area contributed by atoms with Crippen molar-refractivity contribution in [2.75, 3.05) is 0 Å². The molecule has 0 fully saturated rings. The van der Waals surface area contributed by atoms with Gasteiger partial charge in [0.15, 0.2) is 10.4 Å². The molecule has 0 radical (unpaired) electrons. The van der Waals surface area contributed by atoms with Gasteiger partial charge in [-0.1, -0.05) is 18.2 Å². The van der Waals surface area contributed by atoms with Crippen molar-refractivity contribution in [2.45, 2.75) is 0 Å². The Hall–Kier alpha value is -3.19. The number of esters is 1. The highest BCUT2D eigenvalue weighted by Gasteiger charge is 2.09. The summed E-state index contributed by atoms with van der Waals surface area (Å²) in [4.78, 5) is 23.7. The summed E-state index contributed by atoms with van der Waals surface area (Å²) in [7, 11) is 0. The van der Waals surface area contributed by atoms with Crippen molar-refractivity contribution < 1.29 is 18.7 Å². The standard InChI is InChI=1S/C19H13BrN2O4/c20-17-11-10-16(26-17)18(23)22-21-12-13-6-8-15(9-7-13)25-19(24)14-4-2-1-3-5-14/h1-12H,(H,22,23)/b21-12+. The number of hydrogen-bond donors (Lipinski definition) is 1. The summed E-state index contributed by atoms with van der Waals surface area (Å²) in [6.45, 7) is 0. The molecule has 130 valence electrons. The van der Waals surface area contributed by atoms with Crippen LogP contribution in [0.5, 0.6) is 5.75 Å². The molecule has 6 nitrogen and oxygen atoms in total. The summed E-state index contributed by atoms with van der Waals surface area (Å²) in [5.74, 6) is -0.318. The van der Waals surface area contributed by atoms with Crippen molar-refractivity contribution >= 4 is 34.0 Å². The van der Waals surface area contributed by atoms with Crippen LogP contribution in [0.1, 0.15) is 26.5 Å². The van der Waals surface area contributed by atoms with Gasteiger partial charge in [0.25, 0.3) is 0 Å². The van der Waals surface area contributed by atoms with Crippen LogP contribution in [0.25, 0.3) is 0 Å². The monoisotopic (exact) mass is 412 g/mol. The minimum absolute atomic E-state index is 0.150. The van der Waals surface area contributed by atoms with Gasteiger partial charge in [-0.3, -0.25) is 4.79 Å². The fourth-order valence-electron chi connectivity index (χ4n) is 2.02. The van der Waals surface area contributed by atoms with E-state index in [0.717, 1.165) is 5.56 Å². The van der Waals surface area contributed by atoms with E-state index < -0.39 is 11.9 Å². The van der Waals surface area contributed by atoms with E-state index in [1.165, 1.54) is 12.3 Å². The first kappa shape index (κ1) is 17.6. The van der Waals surface area contributed by atoms with Crippen LogP contribution in [-0.2, 0) is 0 Å². The lowest BCUT2D eigenvalue weighted by atomic mass is 10.2. The van der Waals surface area contributed by atoms with Crippen LogP contribution in [0.2, 0.25) is 0 Å². The molecule has 3 rings (SSSR count). The van der Waals surface area contributed by atoms with Crippen molar-refractivity contribution in [3.05, 3.63) is 88.3 Å². The fraction of sp³-hybridized carbons (Fsp3) is 0. The van der Waals surface area contributed by atoms with Crippen LogP contribution in [-0.4, -0.2) is 18.1 Å². The summed E-state index contributed by atoms with van der Waals surface area (Å²) in [5.41, 5.74) is 3.56. The molecule has 1 amide bonds. The van der Waals surface area contributed by atoms with Crippen LogP contribution >= 0.6 is 15.9 Å². The number of carbonyl (C=O) groups excluding carboxylic acids is 2. The molecule has 0 spiro atoms. The Balaban J connectivity index is 1.56. The first-order valence-corrected chi connectivity index (χ1v) is 8.37. The van der Waals surface area contributed by atoms with Crippen LogP contribution < -0.4 is 10.2 Å². The van der Waals surface area contributed by atoms with E-state index in [0.29, 0.717) is 16.0 Å². The molecule has 0 aliphatic carbocycles. The first-order valence-electron chi connectivity index (χ1n) is 7.58. The smallest absolute Gasteiger partial charge is 0.343 e. The Kier molecular flexibility index (Phi) is 5.60. The summed E-state index contributed by atoms with van der Waals surface area (Å²) in [5, 5.41) is 3.86. The minimum atomic E-state index is -0.458. The number of hydrogen-bond acceptors (Lipinski definition) is 5. The highest BCUT2D eigenvalue weighted by atomic mass is 79.9. The van der Waals surface area contributed by atoms with Gasteiger partial charge in [0.05, 0.1) is 11.8 Å². The molecule has 0 aliphatic heterocycles. The minimum Gasteiger partial charge on any atom is -0.444 e. The van der Waals surface area contributed by atoms with Gasteiger partial charge in [0, 0.05) is 0 Å². The van der Waals surface area contributed by atoms with Crippen molar-refractivity contribution in [3.8, 4) is 5.75 Å². The summed E-state index contributed by atoms with van der Waals surface area (Å²) in [6.07, 6.45) is 1.47. The van der Waals surface area contributed by atoms with Gasteiger partial charge in [-0.05, 0) is 70.0 Å².